The van der Waals surface area contributed by atoms with Crippen molar-refractivity contribution in [2.24, 2.45) is 0 Å². The van der Waals surface area contributed by atoms with Crippen LogP contribution >= 0.6 is 0 Å². The zero-order valence-corrected chi connectivity index (χ0v) is 15.9. The van der Waals surface area contributed by atoms with Crippen LogP contribution < -0.4 is 4.74 Å². The summed E-state index contributed by atoms with van der Waals surface area (Å²) in [5.41, 5.74) is 7.02. The lowest BCUT2D eigenvalue weighted by Crippen LogP contribution is -2.10. The van der Waals surface area contributed by atoms with E-state index in [0.717, 1.165) is 35.3 Å². The third kappa shape index (κ3) is 4.62. The summed E-state index contributed by atoms with van der Waals surface area (Å²) in [4.78, 5) is 11.7. The Balaban J connectivity index is 2.28. The first-order chi connectivity index (χ1) is 12.0. The van der Waals surface area contributed by atoms with Crippen molar-refractivity contribution in [3.63, 3.8) is 0 Å². The predicted molar refractivity (Wildman–Crippen MR) is 101 cm³/mol. The van der Waals surface area contributed by atoms with Crippen LogP contribution in [0.15, 0.2) is 30.3 Å². The van der Waals surface area contributed by atoms with Gasteiger partial charge in [-0.15, -0.1) is 0 Å². The van der Waals surface area contributed by atoms with Crippen molar-refractivity contribution in [1.29, 1.82) is 0 Å². The van der Waals surface area contributed by atoms with E-state index in [9.17, 15) is 4.79 Å². The third-order valence-corrected chi connectivity index (χ3v) is 4.70. The number of hydrogen-bond acceptors (Lipinski definition) is 3. The fraction of sp³-hybridized carbons (Fsp3) is 0.409. The molecule has 0 heterocycles. The predicted octanol–water partition coefficient (Wildman–Crippen LogP) is 4.72. The van der Waals surface area contributed by atoms with Gasteiger partial charge in [0.25, 0.3) is 0 Å². The smallest absolute Gasteiger partial charge is 0.309 e. The van der Waals surface area contributed by atoms with E-state index < -0.39 is 0 Å². The Hall–Kier alpha value is -2.29. The molecule has 0 amide bonds. The second kappa shape index (κ2) is 8.70. The van der Waals surface area contributed by atoms with Gasteiger partial charge in [0, 0.05) is 0 Å². The third-order valence-electron chi connectivity index (χ3n) is 4.70. The number of methoxy groups -OCH3 is 1. The highest BCUT2D eigenvalue weighted by atomic mass is 16.5. The summed E-state index contributed by atoms with van der Waals surface area (Å²) in [5.74, 6) is 0.679. The minimum atomic E-state index is -0.228. The highest BCUT2D eigenvalue weighted by Crippen LogP contribution is 2.26. The fourth-order valence-electron chi connectivity index (χ4n) is 3.13. The first-order valence-electron chi connectivity index (χ1n) is 8.89. The second-order valence-corrected chi connectivity index (χ2v) is 6.35. The van der Waals surface area contributed by atoms with Gasteiger partial charge >= 0.3 is 5.97 Å². The second-order valence-electron chi connectivity index (χ2n) is 6.35. The largest absolute Gasteiger partial charge is 0.489 e. The first-order valence-corrected chi connectivity index (χ1v) is 8.89. The van der Waals surface area contributed by atoms with Crippen LogP contribution in [-0.2, 0) is 35.4 Å². The molecule has 3 heteroatoms. The van der Waals surface area contributed by atoms with Crippen LogP contribution in [-0.4, -0.2) is 13.1 Å². The molecule has 0 radical (unpaired) electrons. The molecule has 0 saturated carbocycles. The molecule has 2 aromatic rings. The number of aryl methyl sites for hydroxylation is 4. The molecule has 0 aliphatic heterocycles. The molecule has 0 bridgehead atoms. The number of ether oxygens (including phenoxy) is 2. The summed E-state index contributed by atoms with van der Waals surface area (Å²) in [6.07, 6.45) is 2.20. The van der Waals surface area contributed by atoms with E-state index in [-0.39, 0.29) is 12.4 Å². The number of benzene rings is 2. The highest BCUT2D eigenvalue weighted by molar-refractivity contribution is 5.73. The maximum atomic E-state index is 11.7. The van der Waals surface area contributed by atoms with E-state index in [2.05, 4.69) is 45.9 Å². The molecule has 0 fully saturated rings. The van der Waals surface area contributed by atoms with Gasteiger partial charge in [0.2, 0.25) is 0 Å². The van der Waals surface area contributed by atoms with Crippen LogP contribution in [0.4, 0.5) is 0 Å². The van der Waals surface area contributed by atoms with Crippen LogP contribution in [0.25, 0.3) is 0 Å². The summed E-state index contributed by atoms with van der Waals surface area (Å²) in [6, 6.07) is 10.4. The zero-order valence-electron chi connectivity index (χ0n) is 15.9. The van der Waals surface area contributed by atoms with Crippen molar-refractivity contribution >= 4 is 5.97 Å². The molecule has 0 saturated heterocycles. The van der Waals surface area contributed by atoms with E-state index in [1.807, 2.05) is 12.1 Å². The Morgan fingerprint density at radius 1 is 0.960 bits per heavy atom. The van der Waals surface area contributed by atoms with Gasteiger partial charge in [-0.3, -0.25) is 4.79 Å². The lowest BCUT2D eigenvalue weighted by Gasteiger charge is -2.17. The van der Waals surface area contributed by atoms with Crippen LogP contribution in [0, 0.1) is 13.8 Å². The molecule has 3 nitrogen and oxygen atoms in total. The lowest BCUT2D eigenvalue weighted by molar-refractivity contribution is -0.139. The molecule has 2 rings (SSSR count). The molecule has 0 N–H and O–H groups in total. The SMILES string of the molecule is CCc1cc(C)c(OCc2c(CC)cccc2CC(=O)OC)cc1C. The van der Waals surface area contributed by atoms with Crippen molar-refractivity contribution in [2.45, 2.75) is 53.6 Å². The Morgan fingerprint density at radius 3 is 2.28 bits per heavy atom. The number of hydrogen-bond donors (Lipinski definition) is 0. The molecule has 0 atom stereocenters. The first kappa shape index (κ1) is 19.0. The van der Waals surface area contributed by atoms with Gasteiger partial charge < -0.3 is 9.47 Å². The molecule has 0 aliphatic rings. The summed E-state index contributed by atoms with van der Waals surface area (Å²) in [5, 5.41) is 0. The number of carbonyl (C=O) groups excluding carboxylic acids is 1. The minimum Gasteiger partial charge on any atom is -0.489 e. The molecule has 0 aromatic heterocycles. The maximum absolute atomic E-state index is 11.7. The lowest BCUT2D eigenvalue weighted by atomic mass is 9.97. The monoisotopic (exact) mass is 340 g/mol. The van der Waals surface area contributed by atoms with E-state index in [1.54, 1.807) is 0 Å². The standard InChI is InChI=1S/C22H28O3/c1-6-17-9-8-10-19(13-22(23)24-5)20(17)14-25-21-12-15(3)18(7-2)11-16(21)4/h8-12H,6-7,13-14H2,1-5H3. The van der Waals surface area contributed by atoms with Crippen molar-refractivity contribution in [1.82, 2.24) is 0 Å². The Morgan fingerprint density at radius 2 is 1.64 bits per heavy atom. The number of carbonyl (C=O) groups is 1. The van der Waals surface area contributed by atoms with Gasteiger partial charge in [-0.1, -0.05) is 38.1 Å². The molecule has 0 spiro atoms. The summed E-state index contributed by atoms with van der Waals surface area (Å²) in [7, 11) is 1.42. The molecule has 2 aromatic carbocycles. The minimum absolute atomic E-state index is 0.228. The zero-order chi connectivity index (χ0) is 18.4. The molecule has 0 unspecified atom stereocenters. The van der Waals surface area contributed by atoms with Gasteiger partial charge in [-0.25, -0.2) is 0 Å². The quantitative estimate of drug-likeness (QED) is 0.684. The normalized spacial score (nSPS) is 10.6. The topological polar surface area (TPSA) is 35.5 Å². The summed E-state index contributed by atoms with van der Waals surface area (Å²) < 4.78 is 11.0. The highest BCUT2D eigenvalue weighted by Gasteiger charge is 2.13. The van der Waals surface area contributed by atoms with Crippen molar-refractivity contribution < 1.29 is 14.3 Å². The van der Waals surface area contributed by atoms with E-state index in [0.29, 0.717) is 6.61 Å². The van der Waals surface area contributed by atoms with E-state index in [4.69, 9.17) is 9.47 Å². The number of esters is 1. The molecular formula is C22H28O3. The van der Waals surface area contributed by atoms with Gasteiger partial charge in [-0.05, 0) is 66.1 Å². The van der Waals surface area contributed by atoms with Crippen LogP contribution in [0.3, 0.4) is 0 Å². The van der Waals surface area contributed by atoms with Crippen LogP contribution in [0.1, 0.15) is 47.2 Å². The average molecular weight is 340 g/mol. The van der Waals surface area contributed by atoms with Gasteiger partial charge in [-0.2, -0.15) is 0 Å². The maximum Gasteiger partial charge on any atom is 0.309 e. The fourth-order valence-corrected chi connectivity index (χ4v) is 3.13. The van der Waals surface area contributed by atoms with Crippen molar-refractivity contribution in [2.75, 3.05) is 7.11 Å². The van der Waals surface area contributed by atoms with Gasteiger partial charge in [0.05, 0.1) is 13.5 Å². The van der Waals surface area contributed by atoms with Crippen LogP contribution in [0.2, 0.25) is 0 Å². The average Bonchev–Trinajstić information content (AvgIpc) is 2.62. The molecule has 25 heavy (non-hydrogen) atoms. The van der Waals surface area contributed by atoms with E-state index >= 15 is 0 Å². The summed E-state index contributed by atoms with van der Waals surface area (Å²) in [6.45, 7) is 8.94. The Labute approximate surface area is 151 Å². The van der Waals surface area contributed by atoms with Gasteiger partial charge in [0.1, 0.15) is 12.4 Å². The molecular weight excluding hydrogens is 312 g/mol. The molecule has 134 valence electrons. The van der Waals surface area contributed by atoms with Crippen LogP contribution in [0.5, 0.6) is 5.75 Å². The Kier molecular flexibility index (Phi) is 6.63. The van der Waals surface area contributed by atoms with Crippen molar-refractivity contribution in [3.05, 3.63) is 63.7 Å². The Bertz CT molecular complexity index is 747. The van der Waals surface area contributed by atoms with E-state index in [1.165, 1.54) is 23.8 Å². The van der Waals surface area contributed by atoms with Gasteiger partial charge in [0.15, 0.2) is 0 Å². The number of rotatable bonds is 7. The van der Waals surface area contributed by atoms with Crippen molar-refractivity contribution in [3.8, 4) is 5.75 Å². The summed E-state index contributed by atoms with van der Waals surface area (Å²) >= 11 is 0. The molecule has 0 aliphatic carbocycles.